The summed E-state index contributed by atoms with van der Waals surface area (Å²) in [5.41, 5.74) is 2.81. The lowest BCUT2D eigenvalue weighted by molar-refractivity contribution is -0.135. The van der Waals surface area contributed by atoms with Gasteiger partial charge in [-0.25, -0.2) is 14.1 Å². The van der Waals surface area contributed by atoms with Crippen LogP contribution in [0.1, 0.15) is 55.2 Å². The number of cyclic esters (lactones) is 1. The van der Waals surface area contributed by atoms with Gasteiger partial charge in [0.25, 0.3) is 0 Å². The number of hydrogen-bond acceptors (Lipinski definition) is 4. The molecule has 1 saturated heterocycles. The number of amides is 2. The van der Waals surface area contributed by atoms with Gasteiger partial charge in [-0.3, -0.25) is 9.78 Å². The lowest BCUT2D eigenvalue weighted by Crippen LogP contribution is -2.41. The normalized spacial score (nSPS) is 23.2. The van der Waals surface area contributed by atoms with Crippen LogP contribution < -0.4 is 0 Å². The van der Waals surface area contributed by atoms with Crippen molar-refractivity contribution in [1.29, 1.82) is 0 Å². The van der Waals surface area contributed by atoms with E-state index >= 15 is 0 Å². The van der Waals surface area contributed by atoms with Crippen molar-refractivity contribution >= 4 is 22.9 Å². The highest BCUT2D eigenvalue weighted by molar-refractivity contribution is 5.95. The van der Waals surface area contributed by atoms with E-state index in [0.717, 1.165) is 47.7 Å². The lowest BCUT2D eigenvalue weighted by Gasteiger charge is -2.35. The fraction of sp³-hybridized carbons (Fsp3) is 0.345. The molecule has 2 atom stereocenters. The van der Waals surface area contributed by atoms with Gasteiger partial charge in [0, 0.05) is 17.5 Å². The van der Waals surface area contributed by atoms with Crippen molar-refractivity contribution in [1.82, 2.24) is 9.88 Å². The molecule has 0 radical (unpaired) electrons. The number of fused-ring (bicyclic) bond motifs is 1. The van der Waals surface area contributed by atoms with Gasteiger partial charge in [-0.1, -0.05) is 36.4 Å². The average molecular weight is 473 g/mol. The smallest absolute Gasteiger partial charge is 0.417 e. The Morgan fingerprint density at radius 2 is 1.91 bits per heavy atom. The second-order valence-corrected chi connectivity index (χ2v) is 9.52. The van der Waals surface area contributed by atoms with E-state index in [-0.39, 0.29) is 36.1 Å². The molecular weight excluding hydrogens is 443 g/mol. The summed E-state index contributed by atoms with van der Waals surface area (Å²) in [6.07, 6.45) is 7.00. The molecule has 1 saturated carbocycles. The number of hydrogen-bond donors (Lipinski definition) is 0. The molecule has 1 aliphatic carbocycles. The number of benzene rings is 2. The second-order valence-electron chi connectivity index (χ2n) is 9.52. The molecule has 180 valence electrons. The van der Waals surface area contributed by atoms with Crippen LogP contribution in [0.4, 0.5) is 9.18 Å². The van der Waals surface area contributed by atoms with E-state index in [9.17, 15) is 14.0 Å². The summed E-state index contributed by atoms with van der Waals surface area (Å²) in [5.74, 6) is -0.334. The lowest BCUT2D eigenvalue weighted by atomic mass is 9.72. The summed E-state index contributed by atoms with van der Waals surface area (Å²) in [4.78, 5) is 32.0. The van der Waals surface area contributed by atoms with Gasteiger partial charge in [0.1, 0.15) is 18.5 Å². The number of allylic oxidation sites excluding steroid dienone is 1. The van der Waals surface area contributed by atoms with E-state index < -0.39 is 12.1 Å². The third-order valence-electron chi connectivity index (χ3n) is 7.55. The van der Waals surface area contributed by atoms with Crippen molar-refractivity contribution in [2.75, 3.05) is 6.61 Å². The Morgan fingerprint density at radius 1 is 1.14 bits per heavy atom. The summed E-state index contributed by atoms with van der Waals surface area (Å²) < 4.78 is 19.2. The third-order valence-corrected chi connectivity index (χ3v) is 7.55. The number of nitrogens with zero attached hydrogens (tertiary/aromatic N) is 2. The summed E-state index contributed by atoms with van der Waals surface area (Å²) >= 11 is 0. The van der Waals surface area contributed by atoms with E-state index in [4.69, 9.17) is 4.74 Å². The third kappa shape index (κ3) is 4.57. The summed E-state index contributed by atoms with van der Waals surface area (Å²) in [6.45, 7) is 4.05. The van der Waals surface area contributed by atoms with Crippen molar-refractivity contribution in [2.24, 2.45) is 11.8 Å². The summed E-state index contributed by atoms with van der Waals surface area (Å²) in [5, 5.41) is 0.861. The number of halogens is 1. The predicted molar refractivity (Wildman–Crippen MR) is 132 cm³/mol. The van der Waals surface area contributed by atoms with Gasteiger partial charge in [0.2, 0.25) is 5.91 Å². The molecule has 2 amide bonds. The van der Waals surface area contributed by atoms with Crippen LogP contribution >= 0.6 is 0 Å². The first kappa shape index (κ1) is 23.2. The van der Waals surface area contributed by atoms with Gasteiger partial charge in [0.15, 0.2) is 0 Å². The Bertz CT molecular complexity index is 1240. The van der Waals surface area contributed by atoms with Gasteiger partial charge >= 0.3 is 6.09 Å². The number of ether oxygens (including phenoxy) is 1. The van der Waals surface area contributed by atoms with Crippen molar-refractivity contribution in [3.05, 3.63) is 90.4 Å². The van der Waals surface area contributed by atoms with Gasteiger partial charge in [-0.15, -0.1) is 6.58 Å². The van der Waals surface area contributed by atoms with Crippen LogP contribution in [0, 0.1) is 17.7 Å². The minimum atomic E-state index is -0.572. The van der Waals surface area contributed by atoms with Crippen molar-refractivity contribution in [2.45, 2.75) is 44.1 Å². The van der Waals surface area contributed by atoms with Gasteiger partial charge in [-0.2, -0.15) is 0 Å². The number of rotatable bonds is 6. The summed E-state index contributed by atoms with van der Waals surface area (Å²) in [7, 11) is 0. The van der Waals surface area contributed by atoms with Crippen molar-refractivity contribution < 1.29 is 18.7 Å². The highest BCUT2D eigenvalue weighted by atomic mass is 19.1. The zero-order valence-electron chi connectivity index (χ0n) is 19.6. The number of imide groups is 1. The van der Waals surface area contributed by atoms with Crippen LogP contribution in [0.5, 0.6) is 0 Å². The zero-order valence-corrected chi connectivity index (χ0v) is 19.6. The molecule has 2 heterocycles. The Labute approximate surface area is 204 Å². The first-order chi connectivity index (χ1) is 17.1. The maximum atomic E-state index is 13.9. The van der Waals surface area contributed by atoms with Crippen LogP contribution in [-0.2, 0) is 9.53 Å². The molecule has 3 aromatic rings. The van der Waals surface area contributed by atoms with Crippen LogP contribution in [0.15, 0.2) is 73.4 Å². The first-order valence-electron chi connectivity index (χ1n) is 12.3. The number of carbonyl (C=O) groups excluding carboxylic acids is 2. The zero-order chi connectivity index (χ0) is 24.4. The molecule has 1 aromatic heterocycles. The molecule has 0 N–H and O–H groups in total. The topological polar surface area (TPSA) is 59.5 Å². The van der Waals surface area contributed by atoms with E-state index in [0.29, 0.717) is 6.42 Å². The largest absolute Gasteiger partial charge is 0.446 e. The SMILES string of the molecule is C=CC[C@@H](C(=O)N1C(=O)OC[C@H]1c1ccccc1)C1CCC(c2ccnc3ccc(F)cc23)CC1. The molecule has 2 aliphatic rings. The summed E-state index contributed by atoms with van der Waals surface area (Å²) in [6, 6.07) is 15.9. The Kier molecular flexibility index (Phi) is 6.62. The molecule has 0 unspecified atom stereocenters. The Morgan fingerprint density at radius 3 is 2.66 bits per heavy atom. The predicted octanol–water partition coefficient (Wildman–Crippen LogP) is 6.56. The van der Waals surface area contributed by atoms with Gasteiger partial charge in [-0.05, 0) is 79.3 Å². The fourth-order valence-corrected chi connectivity index (χ4v) is 5.77. The Balaban J connectivity index is 1.34. The van der Waals surface area contributed by atoms with Crippen molar-refractivity contribution in [3.63, 3.8) is 0 Å². The maximum absolute atomic E-state index is 13.9. The number of carbonyl (C=O) groups is 2. The molecular formula is C29H29FN2O3. The van der Waals surface area contributed by atoms with E-state index in [1.165, 1.54) is 11.0 Å². The van der Waals surface area contributed by atoms with E-state index in [1.54, 1.807) is 24.4 Å². The van der Waals surface area contributed by atoms with Gasteiger partial charge < -0.3 is 4.74 Å². The fourth-order valence-electron chi connectivity index (χ4n) is 5.77. The molecule has 2 aromatic carbocycles. The average Bonchev–Trinajstić information content (AvgIpc) is 3.28. The van der Waals surface area contributed by atoms with E-state index in [2.05, 4.69) is 11.6 Å². The molecule has 1 aliphatic heterocycles. The minimum Gasteiger partial charge on any atom is -0.446 e. The molecule has 5 rings (SSSR count). The second kappa shape index (κ2) is 9.98. The van der Waals surface area contributed by atoms with Crippen LogP contribution in [0.25, 0.3) is 10.9 Å². The highest BCUT2D eigenvalue weighted by Crippen LogP contribution is 2.43. The number of aromatic nitrogens is 1. The van der Waals surface area contributed by atoms with Gasteiger partial charge in [0.05, 0.1) is 5.52 Å². The molecule has 2 fully saturated rings. The van der Waals surface area contributed by atoms with Crippen LogP contribution in [0.2, 0.25) is 0 Å². The molecule has 5 nitrogen and oxygen atoms in total. The van der Waals surface area contributed by atoms with Crippen LogP contribution in [0.3, 0.4) is 0 Å². The molecule has 35 heavy (non-hydrogen) atoms. The van der Waals surface area contributed by atoms with E-state index in [1.807, 2.05) is 36.4 Å². The maximum Gasteiger partial charge on any atom is 0.417 e. The van der Waals surface area contributed by atoms with Crippen LogP contribution in [-0.4, -0.2) is 28.5 Å². The molecule has 0 spiro atoms. The first-order valence-corrected chi connectivity index (χ1v) is 12.3. The quantitative estimate of drug-likeness (QED) is 0.381. The monoisotopic (exact) mass is 472 g/mol. The minimum absolute atomic E-state index is 0.145. The molecule has 0 bridgehead atoms. The standard InChI is InChI=1S/C29H29FN2O3/c1-2-6-24(28(33)32-27(18-35-29(32)34)21-7-4-3-5-8-21)20-11-9-19(10-12-20)23-15-16-31-26-14-13-22(30)17-25(23)26/h2-5,7-8,13-17,19-20,24,27H,1,6,9-12,18H2/t19?,20?,24-,27+/m1/s1. The van der Waals surface area contributed by atoms with Crippen molar-refractivity contribution in [3.8, 4) is 0 Å². The highest BCUT2D eigenvalue weighted by Gasteiger charge is 2.43. The molecule has 6 heteroatoms. The number of pyridine rings is 1. The Hall–Kier alpha value is -3.54.